The van der Waals surface area contributed by atoms with Crippen LogP contribution < -0.4 is 18.9 Å². The lowest BCUT2D eigenvalue weighted by Gasteiger charge is -2.49. The summed E-state index contributed by atoms with van der Waals surface area (Å²) in [6, 6.07) is 9.63. The molecule has 44 heavy (non-hydrogen) atoms. The van der Waals surface area contributed by atoms with Crippen molar-refractivity contribution in [3.8, 4) is 23.0 Å². The zero-order valence-electron chi connectivity index (χ0n) is 27.2. The molecule has 3 heterocycles. The summed E-state index contributed by atoms with van der Waals surface area (Å²) in [5.41, 5.74) is 5.59. The Morgan fingerprint density at radius 2 is 1.32 bits per heavy atom. The van der Waals surface area contributed by atoms with Gasteiger partial charge in [-0.3, -0.25) is 14.7 Å². The number of fused-ring (bicyclic) bond motifs is 4. The van der Waals surface area contributed by atoms with E-state index in [9.17, 15) is 0 Å². The van der Waals surface area contributed by atoms with E-state index < -0.39 is 0 Å². The highest BCUT2D eigenvalue weighted by molar-refractivity contribution is 6.18. The van der Waals surface area contributed by atoms with Gasteiger partial charge in [-0.05, 0) is 84.0 Å². The largest absolute Gasteiger partial charge is 0.493 e. The van der Waals surface area contributed by atoms with Gasteiger partial charge in [0.1, 0.15) is 0 Å². The van der Waals surface area contributed by atoms with Gasteiger partial charge in [0.25, 0.3) is 0 Å². The van der Waals surface area contributed by atoms with Crippen molar-refractivity contribution in [3.05, 3.63) is 46.5 Å². The number of methoxy groups -OCH3 is 4. The average Bonchev–Trinajstić information content (AvgIpc) is 3.06. The van der Waals surface area contributed by atoms with E-state index in [1.54, 1.807) is 28.4 Å². The van der Waals surface area contributed by atoms with Crippen molar-refractivity contribution in [2.45, 2.75) is 51.1 Å². The molecule has 0 spiro atoms. The number of alkyl halides is 2. The summed E-state index contributed by atoms with van der Waals surface area (Å²) in [6.07, 6.45) is 5.53. The Bertz CT molecular complexity index is 1240. The van der Waals surface area contributed by atoms with E-state index in [0.717, 1.165) is 94.5 Å². The number of hydrogen-bond acceptors (Lipinski definition) is 7. The minimum Gasteiger partial charge on any atom is -0.493 e. The van der Waals surface area contributed by atoms with Gasteiger partial charge in [-0.1, -0.05) is 13.3 Å². The van der Waals surface area contributed by atoms with E-state index in [4.69, 9.17) is 42.1 Å². The van der Waals surface area contributed by atoms with Crippen LogP contribution in [0, 0.1) is 11.8 Å². The molecule has 0 saturated carbocycles. The maximum atomic E-state index is 6.16. The molecule has 244 valence electrons. The molecule has 0 N–H and O–H groups in total. The molecule has 3 aliphatic heterocycles. The Hall–Kier alpha value is -1.90. The van der Waals surface area contributed by atoms with Crippen LogP contribution in [-0.4, -0.2) is 101 Å². The number of halogens is 2. The molecule has 1 saturated heterocycles. The fourth-order valence-electron chi connectivity index (χ4n) is 8.01. The van der Waals surface area contributed by atoms with Crippen LogP contribution in [0.15, 0.2) is 24.3 Å². The summed E-state index contributed by atoms with van der Waals surface area (Å²) in [4.78, 5) is 7.84. The van der Waals surface area contributed by atoms with Gasteiger partial charge in [0.2, 0.25) is 0 Å². The zero-order valence-corrected chi connectivity index (χ0v) is 28.8. The molecule has 4 atom stereocenters. The van der Waals surface area contributed by atoms with E-state index in [0.29, 0.717) is 35.7 Å². The van der Waals surface area contributed by atoms with E-state index in [2.05, 4.69) is 45.9 Å². The number of benzene rings is 2. The van der Waals surface area contributed by atoms with E-state index in [1.807, 2.05) is 0 Å². The Labute approximate surface area is 274 Å². The van der Waals surface area contributed by atoms with Gasteiger partial charge >= 0.3 is 0 Å². The third-order valence-corrected chi connectivity index (χ3v) is 10.8. The summed E-state index contributed by atoms with van der Waals surface area (Å²) in [5.74, 6) is 5.78. The Balaban J connectivity index is 1.46. The smallest absolute Gasteiger partial charge is 0.161 e. The second-order valence-corrected chi connectivity index (χ2v) is 13.2. The van der Waals surface area contributed by atoms with Gasteiger partial charge in [-0.2, -0.15) is 0 Å². The predicted molar refractivity (Wildman–Crippen MR) is 180 cm³/mol. The molecule has 0 radical (unpaired) electrons. The highest BCUT2D eigenvalue weighted by Crippen LogP contribution is 2.49. The molecule has 0 aliphatic carbocycles. The molecule has 0 aromatic heterocycles. The first-order valence-corrected chi connectivity index (χ1v) is 17.4. The molecule has 5 rings (SSSR count). The summed E-state index contributed by atoms with van der Waals surface area (Å²) >= 11 is 12.3. The molecule has 3 aliphatic rings. The van der Waals surface area contributed by atoms with Crippen LogP contribution in [0.3, 0.4) is 0 Å². The van der Waals surface area contributed by atoms with Crippen LogP contribution in [0.2, 0.25) is 0 Å². The molecule has 0 bridgehead atoms. The lowest BCUT2D eigenvalue weighted by atomic mass is 9.72. The first-order valence-electron chi connectivity index (χ1n) is 16.3. The van der Waals surface area contributed by atoms with Gasteiger partial charge in [-0.25, -0.2) is 0 Å². The van der Waals surface area contributed by atoms with Crippen molar-refractivity contribution >= 4 is 23.2 Å². The van der Waals surface area contributed by atoms with Gasteiger partial charge in [0.05, 0.1) is 28.4 Å². The molecule has 2 aromatic rings. The van der Waals surface area contributed by atoms with Crippen molar-refractivity contribution in [2.24, 2.45) is 11.8 Å². The van der Waals surface area contributed by atoms with Crippen molar-refractivity contribution in [3.63, 3.8) is 0 Å². The lowest BCUT2D eigenvalue weighted by Crippen LogP contribution is -2.47. The molecule has 7 nitrogen and oxygen atoms in total. The highest BCUT2D eigenvalue weighted by atomic mass is 35.5. The number of nitrogens with zero attached hydrogens (tertiary/aromatic N) is 3. The minimum absolute atomic E-state index is 0.312. The SMILES string of the molecule is CCC1CN2CCc3cc(OC)c(OC)cc3C2CC1CC1c2cc(OC)c(OC)cc2CCN1CCN(CCCl)CCCl. The van der Waals surface area contributed by atoms with Gasteiger partial charge in [0.15, 0.2) is 23.0 Å². The minimum atomic E-state index is 0.312. The van der Waals surface area contributed by atoms with Crippen molar-refractivity contribution < 1.29 is 18.9 Å². The van der Waals surface area contributed by atoms with Crippen molar-refractivity contribution in [1.82, 2.24) is 14.7 Å². The third-order valence-electron chi connectivity index (χ3n) is 10.4. The summed E-state index contributed by atoms with van der Waals surface area (Å²) in [5, 5.41) is 0. The number of piperidine rings is 1. The fraction of sp³-hybridized carbons (Fsp3) is 0.657. The van der Waals surface area contributed by atoms with Crippen LogP contribution >= 0.6 is 23.2 Å². The average molecular weight is 649 g/mol. The maximum Gasteiger partial charge on any atom is 0.161 e. The van der Waals surface area contributed by atoms with Gasteiger partial charge in [0, 0.05) is 69.7 Å². The Morgan fingerprint density at radius 3 is 1.91 bits per heavy atom. The first-order chi connectivity index (χ1) is 21.5. The molecule has 4 unspecified atom stereocenters. The molecule has 9 heteroatoms. The normalized spacial score (nSPS) is 23.5. The second kappa shape index (κ2) is 15.6. The molecule has 1 fully saturated rings. The van der Waals surface area contributed by atoms with Crippen molar-refractivity contribution in [2.75, 3.05) is 86.0 Å². The molecular formula is C35H51Cl2N3O4. The Kier molecular flexibility index (Phi) is 11.9. The molecule has 2 aromatic carbocycles. The number of rotatable bonds is 14. The molecule has 0 amide bonds. The number of ether oxygens (including phenoxy) is 4. The van der Waals surface area contributed by atoms with Gasteiger partial charge < -0.3 is 18.9 Å². The lowest BCUT2D eigenvalue weighted by molar-refractivity contribution is 0.0295. The number of hydrogen-bond donors (Lipinski definition) is 0. The van der Waals surface area contributed by atoms with Crippen LogP contribution in [0.25, 0.3) is 0 Å². The van der Waals surface area contributed by atoms with E-state index in [-0.39, 0.29) is 0 Å². The first kappa shape index (κ1) is 33.5. The third kappa shape index (κ3) is 7.07. The Morgan fingerprint density at radius 1 is 0.750 bits per heavy atom. The van der Waals surface area contributed by atoms with Crippen LogP contribution in [0.5, 0.6) is 23.0 Å². The second-order valence-electron chi connectivity index (χ2n) is 12.5. The van der Waals surface area contributed by atoms with Crippen LogP contribution in [-0.2, 0) is 12.8 Å². The van der Waals surface area contributed by atoms with Crippen molar-refractivity contribution in [1.29, 1.82) is 0 Å². The topological polar surface area (TPSA) is 46.6 Å². The summed E-state index contributed by atoms with van der Waals surface area (Å²) in [6.45, 7) is 9.33. The predicted octanol–water partition coefficient (Wildman–Crippen LogP) is 6.44. The van der Waals surface area contributed by atoms with E-state index in [1.165, 1.54) is 28.7 Å². The standard InChI is InChI=1S/C35H51Cl2N3O4/c1-6-24-23-40-12-8-26-20-33(42-3)35(44-5)22-29(26)31(40)18-27(24)17-30-28-21-34(43-4)32(41-2)19-25(28)7-11-39(30)16-15-38(13-9-36)14-10-37/h19-22,24,27,30-31H,6-18,23H2,1-5H3. The maximum absolute atomic E-state index is 6.16. The molecular weight excluding hydrogens is 597 g/mol. The van der Waals surface area contributed by atoms with E-state index >= 15 is 0 Å². The highest BCUT2D eigenvalue weighted by Gasteiger charge is 2.41. The summed E-state index contributed by atoms with van der Waals surface area (Å²) in [7, 11) is 6.93. The van der Waals surface area contributed by atoms with Crippen LogP contribution in [0.4, 0.5) is 0 Å². The fourth-order valence-corrected chi connectivity index (χ4v) is 8.49. The van der Waals surface area contributed by atoms with Gasteiger partial charge in [-0.15, -0.1) is 23.2 Å². The zero-order chi connectivity index (χ0) is 31.2. The summed E-state index contributed by atoms with van der Waals surface area (Å²) < 4.78 is 23.0. The van der Waals surface area contributed by atoms with Crippen LogP contribution in [0.1, 0.15) is 60.5 Å². The quantitative estimate of drug-likeness (QED) is 0.219. The monoisotopic (exact) mass is 647 g/mol.